The van der Waals surface area contributed by atoms with Gasteiger partial charge in [-0.05, 0) is 68.8 Å². The molecule has 1 atom stereocenters. The first-order valence-corrected chi connectivity index (χ1v) is 15.0. The molecular formula is C28H28BrClF3N3O4S. The zero-order chi connectivity index (χ0) is 30.5. The lowest BCUT2D eigenvalue weighted by Gasteiger charge is -2.32. The molecule has 0 aliphatic rings. The Bertz CT molecular complexity index is 1490. The number of carbonyl (C=O) groups excluding carboxylic acids is 2. The second-order valence-corrected chi connectivity index (χ2v) is 12.7. The molecule has 3 rings (SSSR count). The summed E-state index contributed by atoms with van der Waals surface area (Å²) in [5.41, 5.74) is -1.03. The van der Waals surface area contributed by atoms with Crippen molar-refractivity contribution in [1.82, 2.24) is 10.2 Å². The number of nitrogens with zero attached hydrogens (tertiary/aromatic N) is 2. The highest BCUT2D eigenvalue weighted by atomic mass is 79.9. The lowest BCUT2D eigenvalue weighted by Crippen LogP contribution is -2.52. The molecule has 41 heavy (non-hydrogen) atoms. The van der Waals surface area contributed by atoms with E-state index in [9.17, 15) is 31.2 Å². The van der Waals surface area contributed by atoms with E-state index in [0.29, 0.717) is 15.9 Å². The maximum Gasteiger partial charge on any atom is 0.416 e. The zero-order valence-electron chi connectivity index (χ0n) is 22.3. The van der Waals surface area contributed by atoms with Crippen molar-refractivity contribution < 1.29 is 31.2 Å². The number of nitrogens with one attached hydrogen (secondary N) is 1. The van der Waals surface area contributed by atoms with Crippen LogP contribution in [0.3, 0.4) is 0 Å². The number of hydrogen-bond acceptors (Lipinski definition) is 4. The van der Waals surface area contributed by atoms with Crippen molar-refractivity contribution in [3.05, 3.63) is 93.4 Å². The van der Waals surface area contributed by atoms with Crippen LogP contribution >= 0.6 is 27.5 Å². The fourth-order valence-corrected chi connectivity index (χ4v) is 5.87. The van der Waals surface area contributed by atoms with Crippen LogP contribution in [0.25, 0.3) is 0 Å². The van der Waals surface area contributed by atoms with E-state index < -0.39 is 51.9 Å². The van der Waals surface area contributed by atoms with Crippen LogP contribution in [0.15, 0.2) is 82.2 Å². The summed E-state index contributed by atoms with van der Waals surface area (Å²) >= 11 is 9.58. The number of alkyl halides is 3. The number of benzene rings is 3. The van der Waals surface area contributed by atoms with E-state index in [0.717, 1.165) is 16.6 Å². The van der Waals surface area contributed by atoms with Crippen molar-refractivity contribution in [3.63, 3.8) is 0 Å². The van der Waals surface area contributed by atoms with Gasteiger partial charge in [0.15, 0.2) is 0 Å². The molecule has 0 aliphatic heterocycles. The first kappa shape index (κ1) is 32.4. The predicted molar refractivity (Wildman–Crippen MR) is 155 cm³/mol. The summed E-state index contributed by atoms with van der Waals surface area (Å²) < 4.78 is 69.7. The van der Waals surface area contributed by atoms with Gasteiger partial charge >= 0.3 is 6.18 Å². The fraction of sp³-hybridized carbons (Fsp3) is 0.286. The van der Waals surface area contributed by atoms with Gasteiger partial charge < -0.3 is 10.2 Å². The standard InChI is InChI=1S/C28H28BrClF3N3O4S/c1-18(2)34-27(38)19(3)35(16-20-9-12-22(29)13-10-20)26(37)17-36(41(39,40)23-7-5-4-6-8-23)25-15-21(28(31,32)33)11-14-24(25)30/h4-15,18-19H,16-17H2,1-3H3,(H,34,38). The molecule has 0 saturated carbocycles. The minimum atomic E-state index is -4.80. The number of anilines is 1. The van der Waals surface area contributed by atoms with Gasteiger partial charge in [0.2, 0.25) is 11.8 Å². The summed E-state index contributed by atoms with van der Waals surface area (Å²) in [7, 11) is -4.58. The van der Waals surface area contributed by atoms with Gasteiger partial charge in [0.25, 0.3) is 10.0 Å². The van der Waals surface area contributed by atoms with E-state index in [1.54, 1.807) is 44.2 Å². The molecule has 1 unspecified atom stereocenters. The van der Waals surface area contributed by atoms with Gasteiger partial charge in [0.05, 0.1) is 21.2 Å². The van der Waals surface area contributed by atoms with Crippen molar-refractivity contribution in [2.45, 2.75) is 50.5 Å². The molecule has 2 amide bonds. The molecule has 0 spiro atoms. The van der Waals surface area contributed by atoms with E-state index in [4.69, 9.17) is 11.6 Å². The monoisotopic (exact) mass is 673 g/mol. The number of amides is 2. The smallest absolute Gasteiger partial charge is 0.352 e. The van der Waals surface area contributed by atoms with E-state index in [1.807, 2.05) is 0 Å². The Kier molecular flexibility index (Phi) is 10.5. The van der Waals surface area contributed by atoms with Crippen molar-refractivity contribution in [2.75, 3.05) is 10.8 Å². The topological polar surface area (TPSA) is 86.8 Å². The summed E-state index contributed by atoms with van der Waals surface area (Å²) in [5, 5.41) is 2.42. The van der Waals surface area contributed by atoms with Crippen LogP contribution in [0.4, 0.5) is 18.9 Å². The van der Waals surface area contributed by atoms with E-state index in [2.05, 4.69) is 21.2 Å². The average Bonchev–Trinajstić information content (AvgIpc) is 2.90. The Morgan fingerprint density at radius 2 is 1.59 bits per heavy atom. The molecule has 0 fully saturated rings. The maximum atomic E-state index is 13.9. The SMILES string of the molecule is CC(C)NC(=O)C(C)N(Cc1ccc(Br)cc1)C(=O)CN(c1cc(C(F)(F)F)ccc1Cl)S(=O)(=O)c1ccccc1. The molecule has 7 nitrogen and oxygen atoms in total. The van der Waals surface area contributed by atoms with E-state index >= 15 is 0 Å². The Hall–Kier alpha value is -3.09. The molecule has 0 aromatic heterocycles. The number of sulfonamides is 1. The number of halogens is 5. The van der Waals surface area contributed by atoms with E-state index in [-0.39, 0.29) is 22.5 Å². The molecule has 0 aliphatic carbocycles. The van der Waals surface area contributed by atoms with Crippen LogP contribution in [-0.4, -0.2) is 43.8 Å². The highest BCUT2D eigenvalue weighted by Gasteiger charge is 2.36. The van der Waals surface area contributed by atoms with Crippen molar-refractivity contribution in [2.24, 2.45) is 0 Å². The Labute approximate surface area is 250 Å². The fourth-order valence-electron chi connectivity index (χ4n) is 3.89. The summed E-state index contributed by atoms with van der Waals surface area (Å²) in [6.07, 6.45) is -4.80. The third kappa shape index (κ3) is 8.23. The highest BCUT2D eigenvalue weighted by Crippen LogP contribution is 2.37. The second-order valence-electron chi connectivity index (χ2n) is 9.48. The summed E-state index contributed by atoms with van der Waals surface area (Å²) in [6.45, 7) is 3.98. The minimum Gasteiger partial charge on any atom is -0.352 e. The van der Waals surface area contributed by atoms with Crippen LogP contribution in [0.5, 0.6) is 0 Å². The summed E-state index contributed by atoms with van der Waals surface area (Å²) in [4.78, 5) is 27.7. The summed E-state index contributed by atoms with van der Waals surface area (Å²) in [5.74, 6) is -1.31. The van der Waals surface area contributed by atoms with Gasteiger partial charge in [-0.3, -0.25) is 13.9 Å². The van der Waals surface area contributed by atoms with Crippen LogP contribution in [0, 0.1) is 0 Å². The van der Waals surface area contributed by atoms with Crippen molar-refractivity contribution in [3.8, 4) is 0 Å². The number of rotatable bonds is 10. The quantitative estimate of drug-likeness (QED) is 0.275. The van der Waals surface area contributed by atoms with Crippen LogP contribution in [0.2, 0.25) is 5.02 Å². The van der Waals surface area contributed by atoms with E-state index in [1.165, 1.54) is 36.1 Å². The molecule has 0 heterocycles. The van der Waals surface area contributed by atoms with Gasteiger partial charge in [-0.25, -0.2) is 8.42 Å². The lowest BCUT2D eigenvalue weighted by atomic mass is 10.1. The maximum absolute atomic E-state index is 13.9. The lowest BCUT2D eigenvalue weighted by molar-refractivity contribution is -0.139. The highest BCUT2D eigenvalue weighted by molar-refractivity contribution is 9.10. The van der Waals surface area contributed by atoms with Gasteiger partial charge in [0.1, 0.15) is 12.6 Å². The first-order valence-electron chi connectivity index (χ1n) is 12.4. The molecular weight excluding hydrogens is 647 g/mol. The Morgan fingerprint density at radius 3 is 2.15 bits per heavy atom. The van der Waals surface area contributed by atoms with Crippen LogP contribution in [-0.2, 0) is 32.3 Å². The number of carbonyl (C=O) groups is 2. The van der Waals surface area contributed by atoms with Crippen molar-refractivity contribution >= 4 is 55.1 Å². The zero-order valence-corrected chi connectivity index (χ0v) is 25.5. The number of hydrogen-bond donors (Lipinski definition) is 1. The first-order chi connectivity index (χ1) is 19.1. The molecule has 1 N–H and O–H groups in total. The van der Waals surface area contributed by atoms with Crippen molar-refractivity contribution in [1.29, 1.82) is 0 Å². The van der Waals surface area contributed by atoms with Gasteiger partial charge in [-0.1, -0.05) is 57.9 Å². The molecule has 0 bridgehead atoms. The Morgan fingerprint density at radius 1 is 0.976 bits per heavy atom. The molecule has 220 valence electrons. The second kappa shape index (κ2) is 13.3. The molecule has 13 heteroatoms. The van der Waals surface area contributed by atoms with Gasteiger partial charge in [-0.2, -0.15) is 13.2 Å². The normalized spacial score (nSPS) is 12.6. The van der Waals surface area contributed by atoms with Crippen LogP contribution < -0.4 is 9.62 Å². The predicted octanol–water partition coefficient (Wildman–Crippen LogP) is 6.26. The summed E-state index contributed by atoms with van der Waals surface area (Å²) in [6, 6.07) is 14.8. The molecule has 0 saturated heterocycles. The third-order valence-electron chi connectivity index (χ3n) is 6.02. The minimum absolute atomic E-state index is 0.0751. The van der Waals surface area contributed by atoms with Gasteiger partial charge in [-0.15, -0.1) is 0 Å². The largest absolute Gasteiger partial charge is 0.416 e. The third-order valence-corrected chi connectivity index (χ3v) is 8.64. The molecule has 0 radical (unpaired) electrons. The average molecular weight is 675 g/mol. The molecule has 3 aromatic carbocycles. The van der Waals surface area contributed by atoms with Crippen LogP contribution in [0.1, 0.15) is 31.9 Å². The molecule has 3 aromatic rings. The van der Waals surface area contributed by atoms with Gasteiger partial charge in [0, 0.05) is 17.1 Å². The Balaban J connectivity index is 2.12.